The molecule has 0 bridgehead atoms. The molecule has 0 amide bonds. The van der Waals surface area contributed by atoms with Crippen molar-refractivity contribution in [3.05, 3.63) is 29.8 Å². The second-order valence-electron chi connectivity index (χ2n) is 6.27. The molecule has 2 N–H and O–H groups in total. The molecule has 1 aromatic carbocycles. The van der Waals surface area contributed by atoms with Crippen molar-refractivity contribution >= 4 is 5.69 Å². The molecule has 1 heterocycles. The van der Waals surface area contributed by atoms with Gasteiger partial charge in [0.1, 0.15) is 0 Å². The number of nitrogens with one attached hydrogen (secondary N) is 2. The molecule has 0 aromatic heterocycles. The predicted molar refractivity (Wildman–Crippen MR) is 81.6 cm³/mol. The van der Waals surface area contributed by atoms with Crippen molar-refractivity contribution in [3.8, 4) is 0 Å². The Morgan fingerprint density at radius 2 is 2.05 bits per heavy atom. The van der Waals surface area contributed by atoms with Gasteiger partial charge in [-0.1, -0.05) is 25.0 Å². The highest BCUT2D eigenvalue weighted by molar-refractivity contribution is 5.46. The maximum absolute atomic E-state index is 3.79. The molecule has 1 aromatic rings. The number of rotatable bonds is 3. The molecule has 3 rings (SSSR count). The zero-order valence-electron chi connectivity index (χ0n) is 12.0. The summed E-state index contributed by atoms with van der Waals surface area (Å²) in [6.45, 7) is 3.39. The van der Waals surface area contributed by atoms with Gasteiger partial charge in [-0.25, -0.2) is 0 Å². The predicted octanol–water partition coefficient (Wildman–Crippen LogP) is 3.72. The first-order valence-electron chi connectivity index (χ1n) is 7.89. The Labute approximate surface area is 117 Å². The third-order valence-corrected chi connectivity index (χ3v) is 4.80. The van der Waals surface area contributed by atoms with Gasteiger partial charge >= 0.3 is 0 Å². The normalized spacial score (nSPS) is 31.3. The number of benzene rings is 1. The topological polar surface area (TPSA) is 24.1 Å². The smallest absolute Gasteiger partial charge is 0.0345 e. The Kier molecular flexibility index (Phi) is 4.07. The van der Waals surface area contributed by atoms with E-state index in [-0.39, 0.29) is 0 Å². The number of piperidine rings is 1. The summed E-state index contributed by atoms with van der Waals surface area (Å²) >= 11 is 0. The lowest BCUT2D eigenvalue weighted by Gasteiger charge is -2.33. The molecule has 1 saturated carbocycles. The van der Waals surface area contributed by atoms with Crippen molar-refractivity contribution in [3.63, 3.8) is 0 Å². The monoisotopic (exact) mass is 258 g/mol. The van der Waals surface area contributed by atoms with E-state index in [1.807, 2.05) is 0 Å². The van der Waals surface area contributed by atoms with Gasteiger partial charge in [0, 0.05) is 17.8 Å². The minimum absolute atomic E-state index is 0.664. The molecule has 2 fully saturated rings. The molecule has 2 nitrogen and oxygen atoms in total. The van der Waals surface area contributed by atoms with E-state index in [9.17, 15) is 0 Å². The average Bonchev–Trinajstić information content (AvgIpc) is 2.88. The van der Waals surface area contributed by atoms with Gasteiger partial charge < -0.3 is 10.6 Å². The van der Waals surface area contributed by atoms with Crippen LogP contribution in [-0.2, 0) is 0 Å². The molecule has 2 aliphatic rings. The zero-order valence-corrected chi connectivity index (χ0v) is 12.0. The highest BCUT2D eigenvalue weighted by Gasteiger charge is 2.34. The van der Waals surface area contributed by atoms with Gasteiger partial charge in [-0.2, -0.15) is 0 Å². The molecule has 2 heteroatoms. The molecule has 0 spiro atoms. The Morgan fingerprint density at radius 1 is 1.11 bits per heavy atom. The molecule has 104 valence electrons. The van der Waals surface area contributed by atoms with Crippen molar-refractivity contribution in [2.45, 2.75) is 57.5 Å². The number of anilines is 1. The molecule has 1 saturated heterocycles. The fourth-order valence-electron chi connectivity index (χ4n) is 3.84. The van der Waals surface area contributed by atoms with Crippen molar-refractivity contribution < 1.29 is 0 Å². The van der Waals surface area contributed by atoms with Crippen LogP contribution in [0, 0.1) is 12.8 Å². The summed E-state index contributed by atoms with van der Waals surface area (Å²) < 4.78 is 0. The van der Waals surface area contributed by atoms with Crippen LogP contribution >= 0.6 is 0 Å². The lowest BCUT2D eigenvalue weighted by molar-refractivity contribution is 0.286. The summed E-state index contributed by atoms with van der Waals surface area (Å²) in [7, 11) is 0. The van der Waals surface area contributed by atoms with Crippen molar-refractivity contribution in [2.24, 2.45) is 5.92 Å². The SMILES string of the molecule is Cc1cccc(NC2CCCC2C2CCCCN2)c1. The minimum atomic E-state index is 0.664. The van der Waals surface area contributed by atoms with Gasteiger partial charge in [0.25, 0.3) is 0 Å². The summed E-state index contributed by atoms with van der Waals surface area (Å²) in [6.07, 6.45) is 8.24. The molecule has 1 aliphatic carbocycles. The van der Waals surface area contributed by atoms with E-state index in [2.05, 4.69) is 41.8 Å². The average molecular weight is 258 g/mol. The van der Waals surface area contributed by atoms with E-state index in [1.54, 1.807) is 0 Å². The van der Waals surface area contributed by atoms with Crippen LogP contribution in [0.1, 0.15) is 44.1 Å². The first kappa shape index (κ1) is 13.0. The van der Waals surface area contributed by atoms with Crippen LogP contribution in [-0.4, -0.2) is 18.6 Å². The molecule has 3 unspecified atom stereocenters. The van der Waals surface area contributed by atoms with E-state index in [0.29, 0.717) is 6.04 Å². The number of aryl methyl sites for hydroxylation is 1. The third kappa shape index (κ3) is 3.11. The third-order valence-electron chi connectivity index (χ3n) is 4.80. The number of hydrogen-bond donors (Lipinski definition) is 2. The van der Waals surface area contributed by atoms with E-state index < -0.39 is 0 Å². The molecule has 19 heavy (non-hydrogen) atoms. The van der Waals surface area contributed by atoms with Crippen LogP contribution in [0.4, 0.5) is 5.69 Å². The summed E-state index contributed by atoms with van der Waals surface area (Å²) in [5.41, 5.74) is 2.64. The van der Waals surface area contributed by atoms with Gasteiger partial charge in [0.05, 0.1) is 0 Å². The van der Waals surface area contributed by atoms with Crippen LogP contribution < -0.4 is 10.6 Å². The molecule has 3 atom stereocenters. The Balaban J connectivity index is 1.65. The standard InChI is InChI=1S/C17H26N2/c1-13-6-4-7-14(12-13)19-17-10-5-8-15(17)16-9-2-3-11-18-16/h4,6-7,12,15-19H,2-3,5,8-11H2,1H3. The van der Waals surface area contributed by atoms with Gasteiger partial charge in [-0.15, -0.1) is 0 Å². The highest BCUT2D eigenvalue weighted by Crippen LogP contribution is 2.33. The van der Waals surface area contributed by atoms with Crippen LogP contribution in [0.5, 0.6) is 0 Å². The highest BCUT2D eigenvalue weighted by atomic mass is 15.0. The first-order valence-corrected chi connectivity index (χ1v) is 7.89. The van der Waals surface area contributed by atoms with Crippen molar-refractivity contribution in [1.29, 1.82) is 0 Å². The Morgan fingerprint density at radius 3 is 2.84 bits per heavy atom. The largest absolute Gasteiger partial charge is 0.382 e. The molecule has 1 aliphatic heterocycles. The molecule has 0 radical (unpaired) electrons. The Bertz CT molecular complexity index is 409. The second-order valence-corrected chi connectivity index (χ2v) is 6.27. The Hall–Kier alpha value is -1.02. The lowest BCUT2D eigenvalue weighted by Crippen LogP contribution is -2.44. The van der Waals surface area contributed by atoms with Crippen LogP contribution in [0.2, 0.25) is 0 Å². The van der Waals surface area contributed by atoms with Gasteiger partial charge in [-0.05, 0) is 62.8 Å². The van der Waals surface area contributed by atoms with Crippen molar-refractivity contribution in [2.75, 3.05) is 11.9 Å². The van der Waals surface area contributed by atoms with Crippen LogP contribution in [0.25, 0.3) is 0 Å². The van der Waals surface area contributed by atoms with Crippen molar-refractivity contribution in [1.82, 2.24) is 5.32 Å². The molecular formula is C17H26N2. The van der Waals surface area contributed by atoms with Crippen LogP contribution in [0.3, 0.4) is 0 Å². The lowest BCUT2D eigenvalue weighted by atomic mass is 9.88. The summed E-state index contributed by atoms with van der Waals surface area (Å²) in [5, 5.41) is 7.54. The fraction of sp³-hybridized carbons (Fsp3) is 0.647. The second kappa shape index (κ2) is 5.96. The zero-order chi connectivity index (χ0) is 13.1. The minimum Gasteiger partial charge on any atom is -0.382 e. The van der Waals surface area contributed by atoms with E-state index in [0.717, 1.165) is 12.0 Å². The maximum atomic E-state index is 3.79. The first-order chi connectivity index (χ1) is 9.33. The van der Waals surface area contributed by atoms with Crippen LogP contribution in [0.15, 0.2) is 24.3 Å². The van der Waals surface area contributed by atoms with Gasteiger partial charge in [-0.3, -0.25) is 0 Å². The fourth-order valence-corrected chi connectivity index (χ4v) is 3.84. The number of hydrogen-bond acceptors (Lipinski definition) is 2. The summed E-state index contributed by atoms with van der Waals surface area (Å²) in [5.74, 6) is 0.820. The van der Waals surface area contributed by atoms with E-state index >= 15 is 0 Å². The summed E-state index contributed by atoms with van der Waals surface area (Å²) in [6, 6.07) is 10.2. The molecular weight excluding hydrogens is 232 g/mol. The van der Waals surface area contributed by atoms with Gasteiger partial charge in [0.2, 0.25) is 0 Å². The van der Waals surface area contributed by atoms with E-state index in [1.165, 1.54) is 56.3 Å². The maximum Gasteiger partial charge on any atom is 0.0345 e. The summed E-state index contributed by atoms with van der Waals surface area (Å²) in [4.78, 5) is 0. The van der Waals surface area contributed by atoms with Gasteiger partial charge in [0.15, 0.2) is 0 Å². The quantitative estimate of drug-likeness (QED) is 0.863. The van der Waals surface area contributed by atoms with E-state index in [4.69, 9.17) is 0 Å².